The van der Waals surface area contributed by atoms with Crippen LogP contribution in [-0.2, 0) is 9.53 Å². The number of likely N-dealkylation sites (tertiary alicyclic amines) is 1. The fourth-order valence-corrected chi connectivity index (χ4v) is 3.09. The van der Waals surface area contributed by atoms with Gasteiger partial charge in [-0.25, -0.2) is 4.39 Å². The van der Waals surface area contributed by atoms with Crippen molar-refractivity contribution < 1.29 is 19.0 Å². The quantitative estimate of drug-likeness (QED) is 0.869. The summed E-state index contributed by atoms with van der Waals surface area (Å²) in [6.45, 7) is 2.31. The molecular formula is C15H19FN2O3. The predicted octanol–water partition coefficient (Wildman–Crippen LogP) is 0.990. The Bertz CT molecular complexity index is 531. The van der Waals surface area contributed by atoms with Gasteiger partial charge < -0.3 is 15.2 Å². The molecular weight excluding hydrogens is 275 g/mol. The average molecular weight is 294 g/mol. The van der Waals surface area contributed by atoms with Gasteiger partial charge >= 0.3 is 0 Å². The second-order valence-corrected chi connectivity index (χ2v) is 5.76. The Labute approximate surface area is 122 Å². The van der Waals surface area contributed by atoms with Gasteiger partial charge in [0.1, 0.15) is 11.9 Å². The highest BCUT2D eigenvalue weighted by atomic mass is 19.1. The first-order valence-corrected chi connectivity index (χ1v) is 7.18. The first kappa shape index (κ1) is 14.4. The average Bonchev–Trinajstić information content (AvgIpc) is 2.84. The van der Waals surface area contributed by atoms with Crippen LogP contribution in [0.5, 0.6) is 0 Å². The summed E-state index contributed by atoms with van der Waals surface area (Å²) in [6.07, 6.45) is 1.04. The minimum Gasteiger partial charge on any atom is -0.395 e. The number of nitrogens with one attached hydrogen (secondary N) is 1. The third-order valence-corrected chi connectivity index (χ3v) is 4.08. The molecule has 0 bridgehead atoms. The Kier molecular flexibility index (Phi) is 3.93. The number of β-amino-alcohol motifs (C(OH)–C–C–N with tert-alkyl or cyclic N) is 1. The van der Waals surface area contributed by atoms with Gasteiger partial charge in [-0.15, -0.1) is 0 Å². The van der Waals surface area contributed by atoms with Gasteiger partial charge in [0, 0.05) is 25.3 Å². The second kappa shape index (κ2) is 5.71. The molecule has 3 rings (SSSR count). The number of nitrogens with zero attached hydrogens (tertiary/aromatic N) is 1. The normalized spacial score (nSPS) is 24.0. The fourth-order valence-electron chi connectivity index (χ4n) is 3.09. The van der Waals surface area contributed by atoms with Crippen molar-refractivity contribution in [2.45, 2.75) is 24.5 Å². The molecule has 0 saturated carbocycles. The highest BCUT2D eigenvalue weighted by molar-refractivity contribution is 5.94. The number of carbonyl (C=O) groups excluding carboxylic acids is 1. The van der Waals surface area contributed by atoms with Gasteiger partial charge in [-0.3, -0.25) is 9.69 Å². The van der Waals surface area contributed by atoms with E-state index in [2.05, 4.69) is 10.2 Å². The molecule has 2 N–H and O–H groups in total. The van der Waals surface area contributed by atoms with Crippen molar-refractivity contribution in [3.8, 4) is 0 Å². The summed E-state index contributed by atoms with van der Waals surface area (Å²) in [5, 5.41) is 11.6. The van der Waals surface area contributed by atoms with Gasteiger partial charge in [0.25, 0.3) is 5.91 Å². The van der Waals surface area contributed by atoms with Crippen molar-refractivity contribution in [1.29, 1.82) is 0 Å². The molecule has 1 atom stereocenters. The van der Waals surface area contributed by atoms with Crippen LogP contribution in [0.25, 0.3) is 0 Å². The van der Waals surface area contributed by atoms with E-state index in [1.54, 1.807) is 12.1 Å². The van der Waals surface area contributed by atoms with E-state index in [-0.39, 0.29) is 23.9 Å². The van der Waals surface area contributed by atoms with E-state index in [0.29, 0.717) is 18.7 Å². The van der Waals surface area contributed by atoms with Gasteiger partial charge in [-0.2, -0.15) is 0 Å². The van der Waals surface area contributed by atoms with Gasteiger partial charge in [0.15, 0.2) is 0 Å². The summed E-state index contributed by atoms with van der Waals surface area (Å²) in [5.74, 6) is -0.603. The van der Waals surface area contributed by atoms with Crippen molar-refractivity contribution in [3.63, 3.8) is 0 Å². The lowest BCUT2D eigenvalue weighted by Crippen LogP contribution is -2.62. The molecule has 2 aliphatic rings. The molecule has 1 spiro atoms. The zero-order chi connectivity index (χ0) is 14.9. The molecule has 2 fully saturated rings. The number of hydrogen-bond acceptors (Lipinski definition) is 4. The standard InChI is InChI=1S/C15H19FN2O3/c16-11-2-1-3-12(8-11)17-14(20)13-4-5-15(21-13)9-18(10-15)6-7-19/h1-3,8,13,19H,4-7,9-10H2,(H,17,20). The lowest BCUT2D eigenvalue weighted by atomic mass is 9.91. The first-order chi connectivity index (χ1) is 10.1. The van der Waals surface area contributed by atoms with Crippen LogP contribution in [0.3, 0.4) is 0 Å². The van der Waals surface area contributed by atoms with Crippen molar-refractivity contribution in [1.82, 2.24) is 4.90 Å². The Hall–Kier alpha value is -1.50. The summed E-state index contributed by atoms with van der Waals surface area (Å²) in [5.41, 5.74) is 0.208. The van der Waals surface area contributed by atoms with Crippen LogP contribution >= 0.6 is 0 Å². The third-order valence-electron chi connectivity index (χ3n) is 4.08. The molecule has 1 aromatic carbocycles. The minimum atomic E-state index is -0.482. The van der Waals surface area contributed by atoms with Crippen LogP contribution in [-0.4, -0.2) is 53.9 Å². The van der Waals surface area contributed by atoms with Crippen LogP contribution in [0.1, 0.15) is 12.8 Å². The summed E-state index contributed by atoms with van der Waals surface area (Å²) in [4.78, 5) is 14.3. The number of carbonyl (C=O) groups is 1. The van der Waals surface area contributed by atoms with E-state index < -0.39 is 6.10 Å². The fraction of sp³-hybridized carbons (Fsp3) is 0.533. The summed E-state index contributed by atoms with van der Waals surface area (Å²) >= 11 is 0. The molecule has 1 amide bonds. The molecule has 0 radical (unpaired) electrons. The number of rotatable bonds is 4. The molecule has 6 heteroatoms. The summed E-state index contributed by atoms with van der Waals surface area (Å²) in [6, 6.07) is 5.83. The van der Waals surface area contributed by atoms with E-state index >= 15 is 0 Å². The van der Waals surface area contributed by atoms with Crippen LogP contribution in [0.2, 0.25) is 0 Å². The number of aliphatic hydroxyl groups excluding tert-OH is 1. The zero-order valence-corrected chi connectivity index (χ0v) is 11.7. The first-order valence-electron chi connectivity index (χ1n) is 7.18. The predicted molar refractivity (Wildman–Crippen MR) is 75.4 cm³/mol. The van der Waals surface area contributed by atoms with Crippen molar-refractivity contribution in [2.75, 3.05) is 31.6 Å². The van der Waals surface area contributed by atoms with E-state index in [4.69, 9.17) is 9.84 Å². The summed E-state index contributed by atoms with van der Waals surface area (Å²) in [7, 11) is 0. The zero-order valence-electron chi connectivity index (χ0n) is 11.7. The maximum atomic E-state index is 13.1. The van der Waals surface area contributed by atoms with E-state index in [9.17, 15) is 9.18 Å². The Morgan fingerprint density at radius 1 is 1.52 bits per heavy atom. The number of halogens is 1. The number of anilines is 1. The maximum absolute atomic E-state index is 13.1. The molecule has 5 nitrogen and oxygen atoms in total. The molecule has 2 aliphatic heterocycles. The van der Waals surface area contributed by atoms with Gasteiger partial charge in [0.2, 0.25) is 0 Å². The highest BCUT2D eigenvalue weighted by Crippen LogP contribution is 2.38. The Balaban J connectivity index is 1.53. The van der Waals surface area contributed by atoms with E-state index in [0.717, 1.165) is 19.5 Å². The molecule has 1 aromatic rings. The molecule has 1 unspecified atom stereocenters. The van der Waals surface area contributed by atoms with Crippen LogP contribution in [0, 0.1) is 5.82 Å². The monoisotopic (exact) mass is 294 g/mol. The highest BCUT2D eigenvalue weighted by Gasteiger charge is 2.50. The van der Waals surface area contributed by atoms with Gasteiger partial charge in [-0.05, 0) is 31.0 Å². The third kappa shape index (κ3) is 3.07. The number of hydrogen-bond donors (Lipinski definition) is 2. The lowest BCUT2D eigenvalue weighted by molar-refractivity contribution is -0.153. The second-order valence-electron chi connectivity index (χ2n) is 5.76. The molecule has 2 saturated heterocycles. The molecule has 114 valence electrons. The van der Waals surface area contributed by atoms with E-state index in [1.807, 2.05) is 0 Å². The smallest absolute Gasteiger partial charge is 0.253 e. The van der Waals surface area contributed by atoms with Gasteiger partial charge in [0.05, 0.1) is 12.2 Å². The number of ether oxygens (including phenoxy) is 1. The number of benzene rings is 1. The summed E-state index contributed by atoms with van der Waals surface area (Å²) < 4.78 is 19.0. The number of amides is 1. The Morgan fingerprint density at radius 3 is 3.05 bits per heavy atom. The SMILES string of the molecule is O=C(Nc1cccc(F)c1)C1CCC2(CN(CCO)C2)O1. The van der Waals surface area contributed by atoms with Crippen LogP contribution in [0.15, 0.2) is 24.3 Å². The largest absolute Gasteiger partial charge is 0.395 e. The molecule has 0 aliphatic carbocycles. The van der Waals surface area contributed by atoms with Crippen LogP contribution < -0.4 is 5.32 Å². The topological polar surface area (TPSA) is 61.8 Å². The molecule has 21 heavy (non-hydrogen) atoms. The molecule has 0 aromatic heterocycles. The van der Waals surface area contributed by atoms with Crippen molar-refractivity contribution in [2.24, 2.45) is 0 Å². The minimum absolute atomic E-state index is 0.138. The van der Waals surface area contributed by atoms with Crippen LogP contribution in [0.4, 0.5) is 10.1 Å². The lowest BCUT2D eigenvalue weighted by Gasteiger charge is -2.47. The Morgan fingerprint density at radius 2 is 2.33 bits per heavy atom. The molecule has 2 heterocycles. The van der Waals surface area contributed by atoms with E-state index in [1.165, 1.54) is 12.1 Å². The van der Waals surface area contributed by atoms with Crippen molar-refractivity contribution >= 4 is 11.6 Å². The number of aliphatic hydroxyl groups is 1. The van der Waals surface area contributed by atoms with Crippen molar-refractivity contribution in [3.05, 3.63) is 30.1 Å². The maximum Gasteiger partial charge on any atom is 0.253 e. The van der Waals surface area contributed by atoms with Gasteiger partial charge in [-0.1, -0.05) is 6.07 Å².